The molecule has 0 spiro atoms. The summed E-state index contributed by atoms with van der Waals surface area (Å²) >= 11 is 0. The van der Waals surface area contributed by atoms with Crippen LogP contribution >= 0.6 is 0 Å². The monoisotopic (exact) mass is 182 g/mol. The van der Waals surface area contributed by atoms with Gasteiger partial charge in [-0.3, -0.25) is 0 Å². The number of aromatic nitrogens is 3. The molecule has 0 amide bonds. The van der Waals surface area contributed by atoms with Crippen molar-refractivity contribution < 1.29 is 0 Å². The highest BCUT2D eigenvalue weighted by molar-refractivity contribution is 5.03. The zero-order valence-electron chi connectivity index (χ0n) is 8.78. The van der Waals surface area contributed by atoms with Crippen molar-refractivity contribution in [1.82, 2.24) is 15.0 Å². The van der Waals surface area contributed by atoms with E-state index in [1.54, 1.807) is 0 Å². The van der Waals surface area contributed by atoms with Gasteiger partial charge in [0.1, 0.15) is 0 Å². The summed E-state index contributed by atoms with van der Waals surface area (Å²) in [5.41, 5.74) is 6.67. The third-order valence-electron chi connectivity index (χ3n) is 2.24. The van der Waals surface area contributed by atoms with Gasteiger partial charge in [-0.2, -0.15) is 0 Å². The van der Waals surface area contributed by atoms with Crippen LogP contribution in [0.25, 0.3) is 0 Å². The first-order chi connectivity index (χ1) is 5.99. The Balaban J connectivity index is 3.07. The minimum Gasteiger partial charge on any atom is -0.328 e. The van der Waals surface area contributed by atoms with Crippen molar-refractivity contribution in [3.8, 4) is 0 Å². The second-order valence-electron chi connectivity index (χ2n) is 4.24. The van der Waals surface area contributed by atoms with Crippen LogP contribution in [0.2, 0.25) is 0 Å². The average Bonchev–Trinajstić information content (AvgIpc) is 2.52. The third-order valence-corrected chi connectivity index (χ3v) is 2.24. The molecule has 2 N–H and O–H groups in total. The second kappa shape index (κ2) is 3.46. The minimum absolute atomic E-state index is 0.143. The number of nitrogens with zero attached hydrogens (tertiary/aromatic N) is 3. The highest BCUT2D eigenvalue weighted by Gasteiger charge is 2.23. The molecule has 0 saturated heterocycles. The first-order valence-corrected chi connectivity index (χ1v) is 4.60. The van der Waals surface area contributed by atoms with Crippen molar-refractivity contribution >= 4 is 0 Å². The second-order valence-corrected chi connectivity index (χ2v) is 4.24. The standard InChI is InChI=1S/C9H18N4/c1-7(2)8-5-11-12-13(8)9(3,4)6-10/h5,7H,6,10H2,1-4H3. The van der Waals surface area contributed by atoms with Crippen LogP contribution in [0.4, 0.5) is 0 Å². The molecular weight excluding hydrogens is 164 g/mol. The van der Waals surface area contributed by atoms with Gasteiger partial charge in [0.05, 0.1) is 17.4 Å². The van der Waals surface area contributed by atoms with E-state index in [0.29, 0.717) is 12.5 Å². The molecule has 0 fully saturated rings. The molecule has 1 heterocycles. The van der Waals surface area contributed by atoms with E-state index in [1.165, 1.54) is 0 Å². The molecule has 0 aliphatic carbocycles. The molecular formula is C9H18N4. The Morgan fingerprint density at radius 3 is 2.62 bits per heavy atom. The molecule has 0 saturated carbocycles. The lowest BCUT2D eigenvalue weighted by atomic mass is 10.0. The van der Waals surface area contributed by atoms with Crippen molar-refractivity contribution in [2.24, 2.45) is 5.73 Å². The summed E-state index contributed by atoms with van der Waals surface area (Å²) < 4.78 is 1.91. The van der Waals surface area contributed by atoms with Crippen LogP contribution in [0.1, 0.15) is 39.3 Å². The fourth-order valence-electron chi connectivity index (χ4n) is 1.19. The molecule has 1 aromatic rings. The van der Waals surface area contributed by atoms with E-state index in [0.717, 1.165) is 5.69 Å². The molecule has 0 aliphatic heterocycles. The maximum Gasteiger partial charge on any atom is 0.0728 e. The predicted octanol–water partition coefficient (Wildman–Crippen LogP) is 1.10. The summed E-state index contributed by atoms with van der Waals surface area (Å²) in [6.45, 7) is 8.95. The maximum absolute atomic E-state index is 5.68. The highest BCUT2D eigenvalue weighted by Crippen LogP contribution is 2.19. The van der Waals surface area contributed by atoms with Crippen molar-refractivity contribution in [3.63, 3.8) is 0 Å². The first kappa shape index (κ1) is 10.2. The van der Waals surface area contributed by atoms with Crippen LogP contribution in [0, 0.1) is 0 Å². The van der Waals surface area contributed by atoms with E-state index in [9.17, 15) is 0 Å². The van der Waals surface area contributed by atoms with Gasteiger partial charge in [0.25, 0.3) is 0 Å². The van der Waals surface area contributed by atoms with E-state index >= 15 is 0 Å². The van der Waals surface area contributed by atoms with Gasteiger partial charge in [-0.1, -0.05) is 19.1 Å². The average molecular weight is 182 g/mol. The summed E-state index contributed by atoms with van der Waals surface area (Å²) in [6, 6.07) is 0. The van der Waals surface area contributed by atoms with Crippen LogP contribution in [0.15, 0.2) is 6.20 Å². The molecule has 0 unspecified atom stereocenters. The zero-order valence-corrected chi connectivity index (χ0v) is 8.78. The predicted molar refractivity (Wildman–Crippen MR) is 52.5 cm³/mol. The van der Waals surface area contributed by atoms with Crippen LogP contribution in [0.3, 0.4) is 0 Å². The van der Waals surface area contributed by atoms with Crippen molar-refractivity contribution in [2.45, 2.75) is 39.2 Å². The van der Waals surface area contributed by atoms with Gasteiger partial charge in [0, 0.05) is 6.54 Å². The molecule has 4 nitrogen and oxygen atoms in total. The van der Waals surface area contributed by atoms with Crippen molar-refractivity contribution in [2.75, 3.05) is 6.54 Å². The Kier molecular flexibility index (Phi) is 2.71. The van der Waals surface area contributed by atoms with Crippen LogP contribution in [-0.2, 0) is 5.54 Å². The molecule has 13 heavy (non-hydrogen) atoms. The number of hydrogen-bond acceptors (Lipinski definition) is 3. The highest BCUT2D eigenvalue weighted by atomic mass is 15.5. The number of hydrogen-bond donors (Lipinski definition) is 1. The first-order valence-electron chi connectivity index (χ1n) is 4.60. The smallest absolute Gasteiger partial charge is 0.0728 e. The Morgan fingerprint density at radius 2 is 2.15 bits per heavy atom. The Hall–Kier alpha value is -0.900. The van der Waals surface area contributed by atoms with E-state index < -0.39 is 0 Å². The van der Waals surface area contributed by atoms with Gasteiger partial charge in [-0.25, -0.2) is 4.68 Å². The van der Waals surface area contributed by atoms with Gasteiger partial charge < -0.3 is 5.73 Å². The quantitative estimate of drug-likeness (QED) is 0.761. The maximum atomic E-state index is 5.68. The largest absolute Gasteiger partial charge is 0.328 e. The summed E-state index contributed by atoms with van der Waals surface area (Å²) in [5.74, 6) is 0.431. The molecule has 0 atom stereocenters. The lowest BCUT2D eigenvalue weighted by molar-refractivity contribution is 0.309. The van der Waals surface area contributed by atoms with Gasteiger partial charge in [0.2, 0.25) is 0 Å². The van der Waals surface area contributed by atoms with Gasteiger partial charge in [-0.15, -0.1) is 5.10 Å². The molecule has 0 aromatic carbocycles. The van der Waals surface area contributed by atoms with E-state index in [1.807, 2.05) is 10.9 Å². The summed E-state index contributed by atoms with van der Waals surface area (Å²) in [5, 5.41) is 7.98. The molecule has 0 bridgehead atoms. The Bertz CT molecular complexity index is 275. The molecule has 1 aromatic heterocycles. The summed E-state index contributed by atoms with van der Waals surface area (Å²) in [7, 11) is 0. The Morgan fingerprint density at radius 1 is 1.54 bits per heavy atom. The molecule has 0 aliphatic rings. The lowest BCUT2D eigenvalue weighted by Crippen LogP contribution is -2.37. The van der Waals surface area contributed by atoms with E-state index in [2.05, 4.69) is 38.0 Å². The third kappa shape index (κ3) is 1.88. The fraction of sp³-hybridized carbons (Fsp3) is 0.778. The van der Waals surface area contributed by atoms with Crippen LogP contribution < -0.4 is 5.73 Å². The Labute approximate surface area is 79.1 Å². The summed E-state index contributed by atoms with van der Waals surface area (Å²) in [6.07, 6.45) is 1.81. The van der Waals surface area contributed by atoms with Gasteiger partial charge in [-0.05, 0) is 19.8 Å². The van der Waals surface area contributed by atoms with E-state index in [-0.39, 0.29) is 5.54 Å². The molecule has 1 rings (SSSR count). The number of nitrogens with two attached hydrogens (primary N) is 1. The molecule has 0 radical (unpaired) electrons. The van der Waals surface area contributed by atoms with Gasteiger partial charge in [0.15, 0.2) is 0 Å². The van der Waals surface area contributed by atoms with E-state index in [4.69, 9.17) is 5.73 Å². The molecule has 4 heteroatoms. The summed E-state index contributed by atoms with van der Waals surface area (Å²) in [4.78, 5) is 0. The van der Waals surface area contributed by atoms with Gasteiger partial charge >= 0.3 is 0 Å². The minimum atomic E-state index is -0.143. The number of rotatable bonds is 3. The molecule has 74 valence electrons. The fourth-order valence-corrected chi connectivity index (χ4v) is 1.19. The topological polar surface area (TPSA) is 56.7 Å². The van der Waals surface area contributed by atoms with Crippen molar-refractivity contribution in [3.05, 3.63) is 11.9 Å². The van der Waals surface area contributed by atoms with Crippen molar-refractivity contribution in [1.29, 1.82) is 0 Å². The lowest BCUT2D eigenvalue weighted by Gasteiger charge is -2.25. The zero-order chi connectivity index (χ0) is 10.1. The van der Waals surface area contributed by atoms with Crippen LogP contribution in [0.5, 0.6) is 0 Å². The van der Waals surface area contributed by atoms with Crippen LogP contribution in [-0.4, -0.2) is 21.5 Å². The normalized spacial score (nSPS) is 12.5. The SMILES string of the molecule is CC(C)c1cnnn1C(C)(C)CN.